The number of likely N-dealkylation sites (tertiary alicyclic amines) is 1. The van der Waals surface area contributed by atoms with Gasteiger partial charge in [-0.3, -0.25) is 4.79 Å². The summed E-state index contributed by atoms with van der Waals surface area (Å²) in [6.45, 7) is 1.51. The van der Waals surface area contributed by atoms with Gasteiger partial charge in [0.05, 0.1) is 19.4 Å². The normalized spacial score (nSPS) is 28.7. The fourth-order valence-electron chi connectivity index (χ4n) is 6.85. The summed E-state index contributed by atoms with van der Waals surface area (Å²) in [5.41, 5.74) is 2.91. The topological polar surface area (TPSA) is 41.6 Å². The second-order valence-corrected chi connectivity index (χ2v) is 10.3. The summed E-state index contributed by atoms with van der Waals surface area (Å²) in [4.78, 5) is 15.6. The van der Waals surface area contributed by atoms with Gasteiger partial charge in [0, 0.05) is 31.1 Å². The summed E-state index contributed by atoms with van der Waals surface area (Å²) in [7, 11) is 1.66. The summed E-state index contributed by atoms with van der Waals surface area (Å²) in [5, 5.41) is 3.42. The maximum atomic E-state index is 14.1. The van der Waals surface area contributed by atoms with Crippen molar-refractivity contribution >= 4 is 5.91 Å². The van der Waals surface area contributed by atoms with Crippen molar-refractivity contribution in [2.24, 2.45) is 5.92 Å². The third kappa shape index (κ3) is 4.55. The summed E-state index contributed by atoms with van der Waals surface area (Å²) >= 11 is 0. The SMILES string of the molecule is COc1cccc2c1CCCC21CNCC1C(=O)N1CCC(c2ccccc2)CC1CC(F)(F)F. The number of amides is 1. The number of benzene rings is 2. The first kappa shape index (κ1) is 24.2. The lowest BCUT2D eigenvalue weighted by molar-refractivity contribution is -0.160. The maximum absolute atomic E-state index is 14.1. The summed E-state index contributed by atoms with van der Waals surface area (Å²) in [6, 6.07) is 14.9. The van der Waals surface area contributed by atoms with Crippen LogP contribution in [0.5, 0.6) is 5.75 Å². The average molecular weight is 487 g/mol. The van der Waals surface area contributed by atoms with Gasteiger partial charge in [-0.1, -0.05) is 42.5 Å². The number of nitrogens with zero attached hydrogens (tertiary/aromatic N) is 1. The number of hydrogen-bond donors (Lipinski definition) is 1. The number of nitrogens with one attached hydrogen (secondary N) is 1. The minimum atomic E-state index is -4.32. The second kappa shape index (κ2) is 9.49. The van der Waals surface area contributed by atoms with Crippen molar-refractivity contribution in [3.63, 3.8) is 0 Å². The van der Waals surface area contributed by atoms with Crippen LogP contribution >= 0.6 is 0 Å². The number of fused-ring (bicyclic) bond motifs is 2. The van der Waals surface area contributed by atoms with E-state index < -0.39 is 24.1 Å². The largest absolute Gasteiger partial charge is 0.496 e. The van der Waals surface area contributed by atoms with Crippen LogP contribution in [0.1, 0.15) is 54.7 Å². The van der Waals surface area contributed by atoms with Crippen molar-refractivity contribution in [2.45, 2.75) is 62.1 Å². The molecule has 2 fully saturated rings. The predicted molar refractivity (Wildman–Crippen MR) is 129 cm³/mol. The van der Waals surface area contributed by atoms with Crippen molar-refractivity contribution in [1.82, 2.24) is 10.2 Å². The number of alkyl halides is 3. The zero-order chi connectivity index (χ0) is 24.6. The smallest absolute Gasteiger partial charge is 0.391 e. The van der Waals surface area contributed by atoms with Gasteiger partial charge in [0.25, 0.3) is 0 Å². The number of piperidine rings is 1. The number of carbonyl (C=O) groups excluding carboxylic acids is 1. The number of rotatable bonds is 4. The van der Waals surface area contributed by atoms with Gasteiger partial charge in [0.15, 0.2) is 0 Å². The fraction of sp³-hybridized carbons (Fsp3) is 0.536. The Hall–Kier alpha value is -2.54. The molecule has 4 unspecified atom stereocenters. The third-order valence-electron chi connectivity index (χ3n) is 8.43. The first-order valence-corrected chi connectivity index (χ1v) is 12.6. The molecule has 4 atom stereocenters. The van der Waals surface area contributed by atoms with Crippen LogP contribution in [0.4, 0.5) is 13.2 Å². The van der Waals surface area contributed by atoms with E-state index in [0.29, 0.717) is 32.5 Å². The van der Waals surface area contributed by atoms with E-state index in [0.717, 1.165) is 41.7 Å². The lowest BCUT2D eigenvalue weighted by Crippen LogP contribution is -2.54. The lowest BCUT2D eigenvalue weighted by Gasteiger charge is -2.45. The molecule has 2 aromatic carbocycles. The predicted octanol–water partition coefficient (Wildman–Crippen LogP) is 5.22. The number of carbonyl (C=O) groups is 1. The molecular formula is C28H33F3N2O2. The van der Waals surface area contributed by atoms with E-state index in [9.17, 15) is 18.0 Å². The highest BCUT2D eigenvalue weighted by molar-refractivity contribution is 5.82. The van der Waals surface area contributed by atoms with Crippen LogP contribution in [0.3, 0.4) is 0 Å². The van der Waals surface area contributed by atoms with Gasteiger partial charge in [-0.25, -0.2) is 0 Å². The van der Waals surface area contributed by atoms with E-state index in [4.69, 9.17) is 4.74 Å². The zero-order valence-corrected chi connectivity index (χ0v) is 20.1. The summed E-state index contributed by atoms with van der Waals surface area (Å²) in [6.07, 6.45) is -1.59. The van der Waals surface area contributed by atoms with E-state index in [1.807, 2.05) is 42.5 Å². The van der Waals surface area contributed by atoms with Crippen LogP contribution in [0.25, 0.3) is 0 Å². The molecule has 0 bridgehead atoms. The minimum Gasteiger partial charge on any atom is -0.496 e. The zero-order valence-electron chi connectivity index (χ0n) is 20.1. The van der Waals surface area contributed by atoms with Crippen LogP contribution in [-0.4, -0.2) is 49.8 Å². The average Bonchev–Trinajstić information content (AvgIpc) is 3.27. The Kier molecular flexibility index (Phi) is 6.55. The minimum absolute atomic E-state index is 0.0305. The molecule has 188 valence electrons. The second-order valence-electron chi connectivity index (χ2n) is 10.3. The molecule has 1 N–H and O–H groups in total. The van der Waals surface area contributed by atoms with Crippen molar-refractivity contribution in [3.05, 3.63) is 65.2 Å². The molecular weight excluding hydrogens is 453 g/mol. The highest BCUT2D eigenvalue weighted by Crippen LogP contribution is 2.48. The Morgan fingerprint density at radius 2 is 1.97 bits per heavy atom. The van der Waals surface area contributed by atoms with Crippen molar-refractivity contribution < 1.29 is 22.7 Å². The van der Waals surface area contributed by atoms with Gasteiger partial charge in [0.2, 0.25) is 5.91 Å². The van der Waals surface area contributed by atoms with E-state index in [2.05, 4.69) is 11.4 Å². The molecule has 0 radical (unpaired) electrons. The van der Waals surface area contributed by atoms with Gasteiger partial charge >= 0.3 is 6.18 Å². The highest BCUT2D eigenvalue weighted by atomic mass is 19.4. The molecule has 7 heteroatoms. The van der Waals surface area contributed by atoms with Gasteiger partial charge in [-0.2, -0.15) is 13.2 Å². The van der Waals surface area contributed by atoms with E-state index in [1.54, 1.807) is 12.0 Å². The Bertz CT molecular complexity index is 1060. The van der Waals surface area contributed by atoms with Crippen LogP contribution < -0.4 is 10.1 Å². The van der Waals surface area contributed by atoms with E-state index >= 15 is 0 Å². The van der Waals surface area contributed by atoms with Crippen LogP contribution in [0.2, 0.25) is 0 Å². The molecule has 2 heterocycles. The van der Waals surface area contributed by atoms with Gasteiger partial charge in [0.1, 0.15) is 5.75 Å². The molecule has 0 saturated carbocycles. The highest BCUT2D eigenvalue weighted by Gasteiger charge is 2.53. The number of methoxy groups -OCH3 is 1. The Labute approximate surface area is 204 Å². The van der Waals surface area contributed by atoms with Gasteiger partial charge < -0.3 is 15.0 Å². The molecule has 35 heavy (non-hydrogen) atoms. The van der Waals surface area contributed by atoms with Crippen LogP contribution in [-0.2, 0) is 16.6 Å². The molecule has 2 saturated heterocycles. The Morgan fingerprint density at radius 1 is 1.17 bits per heavy atom. The molecule has 0 aromatic heterocycles. The molecule has 3 aliphatic rings. The monoisotopic (exact) mass is 486 g/mol. The number of hydrogen-bond acceptors (Lipinski definition) is 3. The number of ether oxygens (including phenoxy) is 1. The van der Waals surface area contributed by atoms with Crippen molar-refractivity contribution in [3.8, 4) is 5.75 Å². The third-order valence-corrected chi connectivity index (χ3v) is 8.43. The lowest BCUT2D eigenvalue weighted by atomic mass is 9.63. The first-order chi connectivity index (χ1) is 16.8. The van der Waals surface area contributed by atoms with Gasteiger partial charge in [-0.15, -0.1) is 0 Å². The summed E-state index contributed by atoms with van der Waals surface area (Å²) < 4.78 is 46.6. The molecule has 5 rings (SSSR count). The molecule has 4 nitrogen and oxygen atoms in total. The molecule has 1 amide bonds. The van der Waals surface area contributed by atoms with E-state index in [-0.39, 0.29) is 17.7 Å². The quantitative estimate of drug-likeness (QED) is 0.645. The van der Waals surface area contributed by atoms with E-state index in [1.165, 1.54) is 0 Å². The molecule has 1 spiro atoms. The maximum Gasteiger partial charge on any atom is 0.391 e. The number of halogens is 3. The van der Waals surface area contributed by atoms with Crippen LogP contribution in [0, 0.1) is 5.92 Å². The summed E-state index contributed by atoms with van der Waals surface area (Å²) in [5.74, 6) is 0.352. The van der Waals surface area contributed by atoms with Crippen LogP contribution in [0.15, 0.2) is 48.5 Å². The molecule has 2 aromatic rings. The Morgan fingerprint density at radius 3 is 2.71 bits per heavy atom. The molecule has 2 aliphatic heterocycles. The Balaban J connectivity index is 1.45. The van der Waals surface area contributed by atoms with Gasteiger partial charge in [-0.05, 0) is 60.8 Å². The standard InChI is InChI=1S/C28H33F3N2O2/c1-35-25-11-5-10-23-22(25)9-6-13-27(23)18-32-17-24(27)26(34)33-14-12-20(19-7-3-2-4-8-19)15-21(33)16-28(29,30)31/h2-5,7-8,10-11,20-21,24,32H,6,9,12-18H2,1H3. The molecule has 1 aliphatic carbocycles. The first-order valence-electron chi connectivity index (χ1n) is 12.6. The fourth-order valence-corrected chi connectivity index (χ4v) is 6.85. The van der Waals surface area contributed by atoms with Crippen molar-refractivity contribution in [1.29, 1.82) is 0 Å². The van der Waals surface area contributed by atoms with Crippen molar-refractivity contribution in [2.75, 3.05) is 26.7 Å².